The number of anilines is 1. The molecular weight excluding hydrogens is 1030 g/mol. The third kappa shape index (κ3) is 26.7. The Labute approximate surface area is 291 Å². The average molecular weight is 1070 g/mol. The number of halogens is 3. The van der Waals surface area contributed by atoms with Gasteiger partial charge in [0, 0.05) is 30.8 Å². The number of aliphatic hydroxyl groups excluding tert-OH is 1. The summed E-state index contributed by atoms with van der Waals surface area (Å²) in [5, 5.41) is 31.7. The summed E-state index contributed by atoms with van der Waals surface area (Å²) in [5.74, 6) is 0.218. The molecule has 0 aliphatic carbocycles. The maximum absolute atomic E-state index is 9.68. The van der Waals surface area contributed by atoms with Crippen molar-refractivity contribution in [3.63, 3.8) is 0 Å². The summed E-state index contributed by atoms with van der Waals surface area (Å²) in [7, 11) is 17.2. The Hall–Kier alpha value is 0.637. The first-order chi connectivity index (χ1) is 16.8. The third-order valence-electron chi connectivity index (χ3n) is 4.10. The first-order valence-corrected chi connectivity index (χ1v) is 21.7. The average Bonchev–Trinajstić information content (AvgIpc) is 2.85. The molecule has 0 fully saturated rings. The molecule has 10 N–H and O–H groups in total. The molecule has 0 bridgehead atoms. The van der Waals surface area contributed by atoms with Gasteiger partial charge < -0.3 is 45.3 Å². The van der Waals surface area contributed by atoms with Crippen LogP contribution in [0.25, 0.3) is 51.8 Å². The molecule has 2 aromatic carbocycles. The second-order valence-electron chi connectivity index (χ2n) is 6.38. The molecule has 0 saturated carbocycles. The number of aliphatic hydroxyl groups is 1. The summed E-state index contributed by atoms with van der Waals surface area (Å²) >= 11 is 3.22. The van der Waals surface area contributed by atoms with Crippen LogP contribution < -0.4 is 5.32 Å². The number of benzene rings is 2. The first kappa shape index (κ1) is 60.8. The molecule has 3 atom stereocenters. The van der Waals surface area contributed by atoms with Crippen molar-refractivity contribution in [1.82, 2.24) is 9.88 Å². The molecule has 1 aromatic heterocycles. The van der Waals surface area contributed by atoms with Crippen LogP contribution in [-0.4, -0.2) is 47.1 Å². The van der Waals surface area contributed by atoms with Crippen molar-refractivity contribution in [3.8, 4) is 6.07 Å². The van der Waals surface area contributed by atoms with Crippen molar-refractivity contribution < 1.29 is 42.7 Å². The van der Waals surface area contributed by atoms with E-state index in [0.717, 1.165) is 27.5 Å². The topological polar surface area (TPSA) is 228 Å². The molecule has 3 rings (SSSR count). The molecule has 19 heteroatoms. The van der Waals surface area contributed by atoms with E-state index >= 15 is 0 Å². The number of rotatable bonds is 6. The van der Waals surface area contributed by atoms with Gasteiger partial charge in [-0.25, -0.2) is 4.98 Å². The number of pyridine rings is 1. The number of aromatic nitrogens is 1. The van der Waals surface area contributed by atoms with Crippen LogP contribution in [0.5, 0.6) is 0 Å². The molecular formula is C22H43Cl3N9OP4Pt2-5. The fourth-order valence-electron chi connectivity index (χ4n) is 2.90. The van der Waals surface area contributed by atoms with Gasteiger partial charge in [0.2, 0.25) is 0 Å². The number of hydrogen-bond acceptors (Lipinski definition) is 4. The number of nitrogens with zero attached hydrogens (tertiary/aromatic N) is 4. The SMILES string of the molecule is C.CC#N.CC(=[N-])N(CCO)CCNc1c2ccccc2nc2ccccc12.Cl.PP(P)P.[Cl][Pt].[Cl][Pt].[NH2-].[NH2-].[NH2-].[NH2-]. The van der Waals surface area contributed by atoms with Crippen LogP contribution in [0.4, 0.5) is 5.69 Å². The van der Waals surface area contributed by atoms with Crippen molar-refractivity contribution >= 4 is 98.3 Å². The van der Waals surface area contributed by atoms with Gasteiger partial charge in [-0.3, -0.25) is 0 Å². The molecule has 0 aliphatic heterocycles. The minimum atomic E-state index is 0. The Bertz CT molecular complexity index is 990. The Morgan fingerprint density at radius 1 is 0.976 bits per heavy atom. The number of amidine groups is 1. The predicted molar refractivity (Wildman–Crippen MR) is 195 cm³/mol. The smallest absolute Gasteiger partial charge is 0.693 e. The largest absolute Gasteiger partial charge is 0.693 e. The van der Waals surface area contributed by atoms with Gasteiger partial charge in [0.05, 0.1) is 22.8 Å². The predicted octanol–water partition coefficient (Wildman–Crippen LogP) is 10.8. The Kier molecular flexibility index (Phi) is 60.2. The molecule has 1 heterocycles. The van der Waals surface area contributed by atoms with Crippen molar-refractivity contribution in [1.29, 1.82) is 5.26 Å². The van der Waals surface area contributed by atoms with Crippen LogP contribution in [0.15, 0.2) is 48.5 Å². The van der Waals surface area contributed by atoms with Gasteiger partial charge in [0.1, 0.15) is 0 Å². The molecule has 41 heavy (non-hydrogen) atoms. The normalized spacial score (nSPS) is 7.80. The molecule has 248 valence electrons. The number of para-hydroxylation sites is 2. The molecule has 0 spiro atoms. The van der Waals surface area contributed by atoms with Gasteiger partial charge >= 0.3 is 56.4 Å². The van der Waals surface area contributed by atoms with Crippen LogP contribution in [0.2, 0.25) is 0 Å². The van der Waals surface area contributed by atoms with E-state index in [9.17, 15) is 5.41 Å². The summed E-state index contributed by atoms with van der Waals surface area (Å²) in [4.78, 5) is 6.46. The van der Waals surface area contributed by atoms with Crippen LogP contribution in [0.1, 0.15) is 21.3 Å². The monoisotopic (exact) mass is 1070 g/mol. The number of nitrogens with two attached hydrogens (primary N) is 4. The number of nitrogens with one attached hydrogen (secondary N) is 1. The minimum Gasteiger partial charge on any atom is -0.693 e. The van der Waals surface area contributed by atoms with Crippen LogP contribution in [0.3, 0.4) is 0 Å². The zero-order valence-electron chi connectivity index (χ0n) is 22.0. The molecule has 0 radical (unpaired) electrons. The van der Waals surface area contributed by atoms with E-state index in [1.165, 1.54) is 6.92 Å². The minimum absolute atomic E-state index is 0. The Morgan fingerprint density at radius 2 is 1.32 bits per heavy atom. The zero-order valence-corrected chi connectivity index (χ0v) is 33.2. The summed E-state index contributed by atoms with van der Waals surface area (Å²) in [6.45, 7) is 4.88. The third-order valence-corrected chi connectivity index (χ3v) is 4.10. The van der Waals surface area contributed by atoms with E-state index in [1.807, 2.05) is 36.4 Å². The summed E-state index contributed by atoms with van der Waals surface area (Å²) in [6.07, 6.45) is 0. The van der Waals surface area contributed by atoms with Gasteiger partial charge in [-0.15, -0.1) is 39.2 Å². The van der Waals surface area contributed by atoms with Gasteiger partial charge in [-0.1, -0.05) is 49.7 Å². The fourth-order valence-corrected chi connectivity index (χ4v) is 2.90. The van der Waals surface area contributed by atoms with E-state index in [1.54, 1.807) is 55.4 Å². The van der Waals surface area contributed by atoms with Crippen LogP contribution in [-0.2, 0) is 37.5 Å². The summed E-state index contributed by atoms with van der Waals surface area (Å²) in [6, 6.07) is 17.9. The molecule has 10 nitrogen and oxygen atoms in total. The first-order valence-electron chi connectivity index (χ1n) is 9.84. The van der Waals surface area contributed by atoms with Crippen LogP contribution in [0, 0.1) is 11.3 Å². The number of nitriles is 1. The van der Waals surface area contributed by atoms with Crippen molar-refractivity contribution in [2.75, 3.05) is 31.6 Å². The van der Waals surface area contributed by atoms with Gasteiger partial charge in [0.25, 0.3) is 0 Å². The standard InChI is InChI=1S/C19H21N4O.C2H3N.CH4.3ClH.4H2N.H6P4.2Pt/c1-14(20)23(12-13-24)11-10-21-19-15-6-2-4-8-17(15)22-18-9-5-3-7-16(18)19;1-2-3;;;;;;;;;1-4(2)3;;/h2-9,24H,10-13H2,1H3,(H,21,22);1H3;1H4;3*1H;4*1H2;1-3H2;;/q-1;;;;;;4*-1;;2*+1/p-2. The van der Waals surface area contributed by atoms with E-state index < -0.39 is 0 Å². The van der Waals surface area contributed by atoms with E-state index in [-0.39, 0.29) is 63.9 Å². The Morgan fingerprint density at radius 3 is 1.63 bits per heavy atom. The van der Waals surface area contributed by atoms with E-state index in [4.69, 9.17) is 15.4 Å². The molecule has 0 saturated heterocycles. The fraction of sp³-hybridized carbons (Fsp3) is 0.318. The second kappa shape index (κ2) is 40.6. The van der Waals surface area contributed by atoms with Crippen LogP contribution >= 0.6 is 65.0 Å². The molecule has 0 amide bonds. The maximum Gasteiger partial charge on any atom is -0.693 e. The van der Waals surface area contributed by atoms with E-state index in [0.29, 0.717) is 19.6 Å². The van der Waals surface area contributed by atoms with E-state index in [2.05, 4.69) is 63.1 Å². The van der Waals surface area contributed by atoms with Crippen molar-refractivity contribution in [3.05, 3.63) is 78.5 Å². The number of fused-ring (bicyclic) bond motifs is 2. The van der Waals surface area contributed by atoms with Crippen molar-refractivity contribution in [2.24, 2.45) is 0 Å². The summed E-state index contributed by atoms with van der Waals surface area (Å²) in [5.41, 5.74) is 2.96. The molecule has 0 aliphatic rings. The Balaban J connectivity index is -0.0000000943. The molecule has 3 aromatic rings. The quantitative estimate of drug-likeness (QED) is 0.106. The van der Waals surface area contributed by atoms with Crippen molar-refractivity contribution in [2.45, 2.75) is 21.3 Å². The second-order valence-corrected chi connectivity index (χ2v) is 18.0. The molecule has 3 unspecified atom stereocenters. The maximum atomic E-state index is 9.68. The van der Waals surface area contributed by atoms with Gasteiger partial charge in [-0.05, 0) is 39.1 Å². The number of hydrogen-bond donors (Lipinski definition) is 2. The summed E-state index contributed by atoms with van der Waals surface area (Å²) < 4.78 is 0. The van der Waals surface area contributed by atoms with Gasteiger partial charge in [0.15, 0.2) is 0 Å². The van der Waals surface area contributed by atoms with Gasteiger partial charge in [-0.2, -0.15) is 5.26 Å². The zero-order chi connectivity index (χ0) is 27.2.